The zero-order valence-electron chi connectivity index (χ0n) is 8.82. The predicted octanol–water partition coefficient (Wildman–Crippen LogP) is 3.93. The molecule has 13 heavy (non-hydrogen) atoms. The normalized spacial score (nSPS) is 10.3. The fourth-order valence-corrected chi connectivity index (χ4v) is 1.56. The van der Waals surface area contributed by atoms with Crippen molar-refractivity contribution in [1.29, 1.82) is 0 Å². The molecule has 0 N–H and O–H groups in total. The second-order valence-electron chi connectivity index (χ2n) is 3.94. The van der Waals surface area contributed by atoms with Crippen LogP contribution in [0.4, 0.5) is 0 Å². The number of hydrogen-bond acceptors (Lipinski definition) is 0. The third-order valence-electron chi connectivity index (χ3n) is 2.24. The van der Waals surface area contributed by atoms with E-state index >= 15 is 0 Å². The molecule has 0 fully saturated rings. The molecule has 1 aromatic carbocycles. The van der Waals surface area contributed by atoms with E-state index in [1.165, 1.54) is 11.1 Å². The number of rotatable bonds is 2. The van der Waals surface area contributed by atoms with Crippen LogP contribution in [0.25, 0.3) is 0 Å². The van der Waals surface area contributed by atoms with Gasteiger partial charge in [-0.1, -0.05) is 52.0 Å². The molecule has 74 valence electrons. The van der Waals surface area contributed by atoms with Gasteiger partial charge in [-0.3, -0.25) is 0 Å². The summed E-state index contributed by atoms with van der Waals surface area (Å²) in [5.41, 5.74) is 2.99. The Hall–Kier alpha value is 0.480. The van der Waals surface area contributed by atoms with Gasteiger partial charge < -0.3 is 0 Å². The molecule has 1 rings (SSSR count). The van der Waals surface area contributed by atoms with E-state index in [2.05, 4.69) is 52.0 Å². The van der Waals surface area contributed by atoms with Gasteiger partial charge in [0.1, 0.15) is 0 Å². The first-order valence-corrected chi connectivity index (χ1v) is 4.71. The van der Waals surface area contributed by atoms with Crippen LogP contribution in [0, 0.1) is 37.7 Å². The number of benzene rings is 1. The quantitative estimate of drug-likeness (QED) is 0.681. The SMILES string of the molecule is CC(C)c1ccccc1C(C)C.[Ar]. The van der Waals surface area contributed by atoms with E-state index < -0.39 is 0 Å². The van der Waals surface area contributed by atoms with Crippen LogP contribution in [0.3, 0.4) is 0 Å². The van der Waals surface area contributed by atoms with Gasteiger partial charge >= 0.3 is 0 Å². The fourth-order valence-electron chi connectivity index (χ4n) is 1.56. The van der Waals surface area contributed by atoms with Crippen molar-refractivity contribution in [3.05, 3.63) is 35.4 Å². The van der Waals surface area contributed by atoms with E-state index in [0.717, 1.165) is 0 Å². The van der Waals surface area contributed by atoms with E-state index in [-0.39, 0.29) is 37.7 Å². The minimum absolute atomic E-state index is 0. The van der Waals surface area contributed by atoms with Gasteiger partial charge in [-0.2, -0.15) is 0 Å². The van der Waals surface area contributed by atoms with Crippen LogP contribution in [-0.2, 0) is 0 Å². The molecule has 0 atom stereocenters. The van der Waals surface area contributed by atoms with Gasteiger partial charge in [0.2, 0.25) is 0 Å². The molecule has 0 nitrogen and oxygen atoms in total. The topological polar surface area (TPSA) is 0 Å². The average Bonchev–Trinajstić information content (AvgIpc) is 2.04. The Bertz CT molecular complexity index is 224. The Morgan fingerprint density at radius 1 is 0.769 bits per heavy atom. The molecule has 0 saturated carbocycles. The van der Waals surface area contributed by atoms with Crippen LogP contribution in [0.5, 0.6) is 0 Å². The molecule has 0 heterocycles. The van der Waals surface area contributed by atoms with E-state index in [9.17, 15) is 0 Å². The van der Waals surface area contributed by atoms with Crippen molar-refractivity contribution < 1.29 is 37.7 Å². The van der Waals surface area contributed by atoms with Crippen LogP contribution < -0.4 is 0 Å². The van der Waals surface area contributed by atoms with Crippen molar-refractivity contribution in [1.82, 2.24) is 0 Å². The third kappa shape index (κ3) is 3.61. The van der Waals surface area contributed by atoms with Gasteiger partial charge in [-0.25, -0.2) is 0 Å². The van der Waals surface area contributed by atoms with E-state index in [4.69, 9.17) is 0 Å². The third-order valence-corrected chi connectivity index (χ3v) is 2.24. The summed E-state index contributed by atoms with van der Waals surface area (Å²) < 4.78 is 0. The van der Waals surface area contributed by atoms with Gasteiger partial charge in [0.15, 0.2) is 0 Å². The molecule has 0 aromatic heterocycles. The molecule has 0 bridgehead atoms. The molecule has 0 aliphatic rings. The van der Waals surface area contributed by atoms with Crippen molar-refractivity contribution in [3.8, 4) is 0 Å². The molecular formula is C12H18Ar. The summed E-state index contributed by atoms with van der Waals surface area (Å²) in [5.74, 6) is 1.28. The fraction of sp³-hybridized carbons (Fsp3) is 0.500. The van der Waals surface area contributed by atoms with E-state index in [1.54, 1.807) is 0 Å². The van der Waals surface area contributed by atoms with Gasteiger partial charge in [0, 0.05) is 37.7 Å². The largest absolute Gasteiger partial charge is 0.0620 e. The van der Waals surface area contributed by atoms with Crippen LogP contribution >= 0.6 is 0 Å². The first kappa shape index (κ1) is 13.5. The molecule has 0 aliphatic heterocycles. The van der Waals surface area contributed by atoms with E-state index in [0.29, 0.717) is 11.8 Å². The molecule has 1 heteroatoms. The summed E-state index contributed by atoms with van der Waals surface area (Å²) >= 11 is 0. The second kappa shape index (κ2) is 6.06. The Morgan fingerprint density at radius 3 is 1.31 bits per heavy atom. The maximum absolute atomic E-state index is 2.25. The van der Waals surface area contributed by atoms with Crippen molar-refractivity contribution in [2.24, 2.45) is 0 Å². The maximum atomic E-state index is 2.25. The Labute approximate surface area is 112 Å². The molecule has 0 unspecified atom stereocenters. The standard InChI is InChI=1S/C12H18.Ar/c1-9(2)11-7-5-6-8-12(11)10(3)4;/h5-10H,1-4H3;. The second-order valence-corrected chi connectivity index (χ2v) is 3.94. The zero-order chi connectivity index (χ0) is 9.14. The Balaban J connectivity index is 0.00000144. The molecule has 0 aliphatic carbocycles. The predicted molar refractivity (Wildman–Crippen MR) is 54.6 cm³/mol. The summed E-state index contributed by atoms with van der Waals surface area (Å²) in [6.07, 6.45) is 0. The Morgan fingerprint density at radius 2 is 1.08 bits per heavy atom. The van der Waals surface area contributed by atoms with Crippen molar-refractivity contribution in [3.63, 3.8) is 0 Å². The maximum Gasteiger partial charge on any atom is 0 e. The first-order valence-electron chi connectivity index (χ1n) is 4.71. The minimum Gasteiger partial charge on any atom is -0.0620 e. The van der Waals surface area contributed by atoms with Gasteiger partial charge in [0.25, 0.3) is 0 Å². The summed E-state index contributed by atoms with van der Waals surface area (Å²) in [5, 5.41) is 0. The monoisotopic (exact) mass is 202 g/mol. The summed E-state index contributed by atoms with van der Waals surface area (Å²) in [6.45, 7) is 9.00. The van der Waals surface area contributed by atoms with Crippen LogP contribution in [0.2, 0.25) is 0 Å². The molecule has 1 aromatic rings. The van der Waals surface area contributed by atoms with E-state index in [1.807, 2.05) is 0 Å². The Kier molecular flexibility index (Phi) is 6.28. The molecule has 0 spiro atoms. The van der Waals surface area contributed by atoms with Gasteiger partial charge in [0.05, 0.1) is 0 Å². The molecule has 0 amide bonds. The van der Waals surface area contributed by atoms with Crippen LogP contribution in [-0.4, -0.2) is 0 Å². The van der Waals surface area contributed by atoms with Crippen LogP contribution in [0.1, 0.15) is 50.7 Å². The summed E-state index contributed by atoms with van der Waals surface area (Å²) in [6, 6.07) is 8.72. The van der Waals surface area contributed by atoms with Crippen molar-refractivity contribution in [2.75, 3.05) is 0 Å². The first-order chi connectivity index (χ1) is 5.63. The number of hydrogen-bond donors (Lipinski definition) is 0. The summed E-state index contributed by atoms with van der Waals surface area (Å²) in [7, 11) is 0. The van der Waals surface area contributed by atoms with Gasteiger partial charge in [-0.15, -0.1) is 0 Å². The van der Waals surface area contributed by atoms with Gasteiger partial charge in [-0.05, 0) is 23.0 Å². The minimum atomic E-state index is 0. The van der Waals surface area contributed by atoms with Crippen LogP contribution in [0.15, 0.2) is 24.3 Å². The molecule has 0 saturated heterocycles. The molecule has 0 radical (unpaired) electrons. The van der Waals surface area contributed by atoms with Crippen molar-refractivity contribution >= 4 is 0 Å². The average molecular weight is 202 g/mol. The molecular weight excluding hydrogens is 184 g/mol. The summed E-state index contributed by atoms with van der Waals surface area (Å²) in [4.78, 5) is 0. The zero-order valence-corrected chi connectivity index (χ0v) is 9.52. The smallest absolute Gasteiger partial charge is 0 e. The van der Waals surface area contributed by atoms with Crippen molar-refractivity contribution in [2.45, 2.75) is 39.5 Å².